The summed E-state index contributed by atoms with van der Waals surface area (Å²) in [6.45, 7) is 6.84. The van der Waals surface area contributed by atoms with Crippen molar-refractivity contribution in [1.82, 2.24) is 5.32 Å². The van der Waals surface area contributed by atoms with Crippen LogP contribution in [0.5, 0.6) is 0 Å². The molecule has 0 radical (unpaired) electrons. The van der Waals surface area contributed by atoms with Gasteiger partial charge in [0.25, 0.3) is 0 Å². The first-order valence-corrected chi connectivity index (χ1v) is 31.6. The molecule has 0 fully saturated rings. The Hall–Kier alpha value is -3.07. The summed E-state index contributed by atoms with van der Waals surface area (Å²) < 4.78 is 30.6. The second-order valence-electron chi connectivity index (χ2n) is 21.1. The van der Waals surface area contributed by atoms with Gasteiger partial charge in [0, 0.05) is 12.8 Å². The molecule has 0 aliphatic rings. The number of phosphoric ester groups is 1. The van der Waals surface area contributed by atoms with Crippen molar-refractivity contribution < 1.29 is 37.3 Å². The maximum atomic E-state index is 13.5. The molecule has 0 aromatic heterocycles. The van der Waals surface area contributed by atoms with Gasteiger partial charge in [-0.05, 0) is 109 Å². The third-order valence-electron chi connectivity index (χ3n) is 12.8. The van der Waals surface area contributed by atoms with Crippen LogP contribution in [0.1, 0.15) is 245 Å². The van der Waals surface area contributed by atoms with E-state index in [2.05, 4.69) is 111 Å². The summed E-state index contributed by atoms with van der Waals surface area (Å²) in [7, 11) is 1.46. The molecule has 3 unspecified atom stereocenters. The number of quaternary nitrogens is 1. The largest absolute Gasteiger partial charge is 0.472 e. The van der Waals surface area contributed by atoms with E-state index in [-0.39, 0.29) is 31.5 Å². The SMILES string of the molecule is CC/C=C\C/C=C\C/C=C\C/C=C\C/C=C\C/C=C\CCCCCCC(=O)NC(COP(=O)(O)OCC[N+](C)(C)C)C(/C=C\CCCCCCCCCCCC)OC(=O)CCCCC/C=C\CCCCCCCC. The van der Waals surface area contributed by atoms with E-state index >= 15 is 0 Å². The number of ether oxygens (including phenoxy) is 1. The molecule has 0 rings (SSSR count). The lowest BCUT2D eigenvalue weighted by molar-refractivity contribution is -0.870. The first-order chi connectivity index (χ1) is 35.9. The number of phosphoric acid groups is 1. The third kappa shape index (κ3) is 53.7. The fourth-order valence-corrected chi connectivity index (χ4v) is 8.85. The van der Waals surface area contributed by atoms with Crippen molar-refractivity contribution in [3.63, 3.8) is 0 Å². The number of hydrogen-bond donors (Lipinski definition) is 2. The molecule has 0 saturated heterocycles. The minimum Gasteiger partial charge on any atom is -0.456 e. The summed E-state index contributed by atoms with van der Waals surface area (Å²) in [6, 6.07) is -0.872. The molecule has 0 saturated carbocycles. The maximum Gasteiger partial charge on any atom is 0.472 e. The van der Waals surface area contributed by atoms with Crippen LogP contribution in [0.25, 0.3) is 0 Å². The molecule has 0 aliphatic heterocycles. The van der Waals surface area contributed by atoms with Gasteiger partial charge >= 0.3 is 13.8 Å². The van der Waals surface area contributed by atoms with Crippen LogP contribution in [-0.4, -0.2) is 74.3 Å². The number of amides is 1. The number of esters is 1. The molecule has 0 aromatic carbocycles. The van der Waals surface area contributed by atoms with Crippen LogP contribution in [0.3, 0.4) is 0 Å². The maximum absolute atomic E-state index is 13.5. The predicted octanol–water partition coefficient (Wildman–Crippen LogP) is 18.4. The summed E-state index contributed by atoms with van der Waals surface area (Å²) >= 11 is 0. The van der Waals surface area contributed by atoms with Crippen LogP contribution in [0.2, 0.25) is 0 Å². The average molecular weight is 1050 g/mol. The van der Waals surface area contributed by atoms with Crippen molar-refractivity contribution >= 4 is 19.7 Å². The van der Waals surface area contributed by atoms with Gasteiger partial charge in [0.05, 0.1) is 33.8 Å². The number of nitrogens with one attached hydrogen (secondary N) is 1. The molecule has 2 N–H and O–H groups in total. The third-order valence-corrected chi connectivity index (χ3v) is 13.7. The Bertz CT molecular complexity index is 1590. The van der Waals surface area contributed by atoms with Crippen LogP contribution >= 0.6 is 7.82 Å². The molecule has 0 bridgehead atoms. The van der Waals surface area contributed by atoms with Crippen molar-refractivity contribution in [2.24, 2.45) is 0 Å². The Morgan fingerprint density at radius 2 is 0.865 bits per heavy atom. The molecule has 426 valence electrons. The van der Waals surface area contributed by atoms with Gasteiger partial charge in [-0.3, -0.25) is 18.6 Å². The highest BCUT2D eigenvalue weighted by Crippen LogP contribution is 2.43. The van der Waals surface area contributed by atoms with Crippen LogP contribution < -0.4 is 5.32 Å². The normalized spacial score (nSPS) is 14.4. The van der Waals surface area contributed by atoms with Crippen molar-refractivity contribution in [2.75, 3.05) is 40.9 Å². The fraction of sp³-hybridized carbons (Fsp3) is 0.719. The van der Waals surface area contributed by atoms with E-state index in [1.807, 2.05) is 33.3 Å². The molecule has 3 atom stereocenters. The Morgan fingerprint density at radius 1 is 0.486 bits per heavy atom. The van der Waals surface area contributed by atoms with E-state index in [9.17, 15) is 19.0 Å². The van der Waals surface area contributed by atoms with E-state index in [4.69, 9.17) is 13.8 Å². The molecular weight excluding hydrogens is 940 g/mol. The van der Waals surface area contributed by atoms with Gasteiger partial charge in [-0.15, -0.1) is 0 Å². The number of carbonyl (C=O) groups is 2. The molecule has 0 aliphatic carbocycles. The van der Waals surface area contributed by atoms with Gasteiger partial charge < -0.3 is 19.4 Å². The molecule has 0 heterocycles. The lowest BCUT2D eigenvalue weighted by Crippen LogP contribution is -2.47. The van der Waals surface area contributed by atoms with Gasteiger partial charge in [-0.25, -0.2) is 4.57 Å². The standard InChI is InChI=1S/C64H113N2O7P/c1-7-10-13-16-19-22-25-28-29-30-31-32-33-34-35-36-37-39-41-44-47-50-53-56-63(67)65-61(60-72-74(69,70)71-59-58-66(4,5)6)62(55-52-49-46-43-40-27-24-21-18-15-12-9-3)73-64(68)57-54-51-48-45-42-38-26-23-20-17-14-11-8-2/h10,13,19,22,28-29,31-32,34-35,37-39,42,52,55,61-62H,7-9,11-12,14-18,20-21,23-27,30,33,36,40-41,43-51,53-54,56-60H2,1-6H3,(H-,65,67,69,70)/p+1/b13-10-,22-19-,29-28-,32-31-,35-34-,39-37-,42-38-,55-52-. The number of likely N-dealkylation sites (N-methyl/N-ethyl adjacent to an activating group) is 1. The zero-order chi connectivity index (χ0) is 54.3. The summed E-state index contributed by atoms with van der Waals surface area (Å²) in [4.78, 5) is 37.6. The quantitative estimate of drug-likeness (QED) is 0.0205. The lowest BCUT2D eigenvalue weighted by atomic mass is 10.0. The number of allylic oxidation sites excluding steroid dienone is 15. The van der Waals surface area contributed by atoms with Crippen LogP contribution in [0.4, 0.5) is 0 Å². The number of carbonyl (C=O) groups excluding carboxylic acids is 2. The van der Waals surface area contributed by atoms with Crippen molar-refractivity contribution in [2.45, 2.75) is 258 Å². The van der Waals surface area contributed by atoms with E-state index in [1.54, 1.807) is 0 Å². The molecular formula is C64H114N2O7P+. The number of hydrogen-bond acceptors (Lipinski definition) is 6. The second kappa shape index (κ2) is 53.3. The molecule has 0 spiro atoms. The van der Waals surface area contributed by atoms with Gasteiger partial charge in [0.2, 0.25) is 5.91 Å². The van der Waals surface area contributed by atoms with E-state index in [0.29, 0.717) is 30.3 Å². The molecule has 1 amide bonds. The zero-order valence-electron chi connectivity index (χ0n) is 48.6. The smallest absolute Gasteiger partial charge is 0.456 e. The van der Waals surface area contributed by atoms with Gasteiger partial charge in [-0.1, -0.05) is 221 Å². The fourth-order valence-electron chi connectivity index (χ4n) is 8.11. The van der Waals surface area contributed by atoms with Crippen LogP contribution in [-0.2, 0) is 27.9 Å². The monoisotopic (exact) mass is 1050 g/mol. The molecule has 74 heavy (non-hydrogen) atoms. The van der Waals surface area contributed by atoms with E-state index in [1.165, 1.54) is 89.9 Å². The van der Waals surface area contributed by atoms with Gasteiger partial charge in [0.15, 0.2) is 0 Å². The molecule has 10 heteroatoms. The Balaban J connectivity index is 5.32. The topological polar surface area (TPSA) is 111 Å². The van der Waals surface area contributed by atoms with Crippen LogP contribution in [0.15, 0.2) is 97.2 Å². The average Bonchev–Trinajstić information content (AvgIpc) is 3.36. The van der Waals surface area contributed by atoms with Gasteiger partial charge in [-0.2, -0.15) is 0 Å². The zero-order valence-corrected chi connectivity index (χ0v) is 49.4. The minimum absolute atomic E-state index is 0.0283. The van der Waals surface area contributed by atoms with Crippen molar-refractivity contribution in [1.29, 1.82) is 0 Å². The van der Waals surface area contributed by atoms with E-state index < -0.39 is 20.0 Å². The number of rotatable bonds is 53. The summed E-state index contributed by atoms with van der Waals surface area (Å²) in [5.74, 6) is -0.558. The minimum atomic E-state index is -4.46. The van der Waals surface area contributed by atoms with Crippen LogP contribution in [0, 0.1) is 0 Å². The number of unbranched alkanes of at least 4 members (excludes halogenated alkanes) is 23. The van der Waals surface area contributed by atoms with Crippen molar-refractivity contribution in [3.05, 3.63) is 97.2 Å². The highest BCUT2D eigenvalue weighted by molar-refractivity contribution is 7.47. The second-order valence-corrected chi connectivity index (χ2v) is 22.6. The summed E-state index contributed by atoms with van der Waals surface area (Å²) in [5, 5.41) is 3.03. The highest BCUT2D eigenvalue weighted by Gasteiger charge is 2.30. The Labute approximate surface area is 456 Å². The molecule has 9 nitrogen and oxygen atoms in total. The first kappa shape index (κ1) is 70.9. The Kier molecular flexibility index (Phi) is 51.1. The summed E-state index contributed by atoms with van der Waals surface area (Å²) in [5.41, 5.74) is 0. The van der Waals surface area contributed by atoms with Crippen molar-refractivity contribution in [3.8, 4) is 0 Å². The number of nitrogens with zero attached hydrogens (tertiary/aromatic N) is 1. The highest BCUT2D eigenvalue weighted by atomic mass is 31.2. The molecule has 0 aromatic rings. The lowest BCUT2D eigenvalue weighted by Gasteiger charge is -2.27. The van der Waals surface area contributed by atoms with Gasteiger partial charge in [0.1, 0.15) is 19.3 Å². The first-order valence-electron chi connectivity index (χ1n) is 30.1. The van der Waals surface area contributed by atoms with E-state index in [0.717, 1.165) is 109 Å². The Morgan fingerprint density at radius 3 is 1.32 bits per heavy atom. The predicted molar refractivity (Wildman–Crippen MR) is 318 cm³/mol. The summed E-state index contributed by atoms with van der Waals surface area (Å²) in [6.07, 6.45) is 71.2.